The lowest BCUT2D eigenvalue weighted by molar-refractivity contribution is 0.0695. The second kappa shape index (κ2) is 6.53. The molecule has 20 heavy (non-hydrogen) atoms. The van der Waals surface area contributed by atoms with E-state index in [9.17, 15) is 5.11 Å². The number of nitrogens with zero attached hydrogens (tertiary/aromatic N) is 1. The Morgan fingerprint density at radius 1 is 1.10 bits per heavy atom. The van der Waals surface area contributed by atoms with Gasteiger partial charge in [-0.05, 0) is 25.0 Å². The van der Waals surface area contributed by atoms with Gasteiger partial charge in [0, 0.05) is 11.8 Å². The molecule has 1 unspecified atom stereocenters. The molecule has 0 aliphatic carbocycles. The quantitative estimate of drug-likeness (QED) is 0.874. The van der Waals surface area contributed by atoms with E-state index in [1.54, 1.807) is 12.4 Å². The average molecular weight is 271 g/mol. The topological polar surface area (TPSA) is 42.4 Å². The third-order valence-electron chi connectivity index (χ3n) is 3.36. The molecule has 2 rings (SSSR count). The molecule has 0 spiro atoms. The van der Waals surface area contributed by atoms with Crippen molar-refractivity contribution in [1.82, 2.24) is 4.98 Å². The zero-order valence-corrected chi connectivity index (χ0v) is 12.0. The Labute approximate surface area is 120 Å². The van der Waals surface area contributed by atoms with Gasteiger partial charge in [-0.3, -0.25) is 4.98 Å². The van der Waals surface area contributed by atoms with Gasteiger partial charge in [0.15, 0.2) is 0 Å². The Kier molecular flexibility index (Phi) is 4.74. The van der Waals surface area contributed by atoms with Gasteiger partial charge in [-0.25, -0.2) is 0 Å². The van der Waals surface area contributed by atoms with Crippen LogP contribution in [0.2, 0.25) is 0 Å². The number of ether oxygens (including phenoxy) is 1. The summed E-state index contributed by atoms with van der Waals surface area (Å²) in [6.45, 7) is 4.58. The number of hydrogen-bond donors (Lipinski definition) is 1. The van der Waals surface area contributed by atoms with E-state index in [0.29, 0.717) is 18.8 Å². The monoisotopic (exact) mass is 271 g/mol. The standard InChI is InChI=1S/C17H21NO2/c1-3-10-17(19,14-8-6-5-7-9-14)15-11-16(20-4-2)13-18-12-15/h5-9,11-13,19H,3-4,10H2,1-2H3. The van der Waals surface area contributed by atoms with Crippen LogP contribution in [0.15, 0.2) is 48.8 Å². The molecule has 0 aliphatic heterocycles. The van der Waals surface area contributed by atoms with Crippen molar-refractivity contribution in [1.29, 1.82) is 0 Å². The van der Waals surface area contributed by atoms with Gasteiger partial charge < -0.3 is 9.84 Å². The molecule has 0 fully saturated rings. The Morgan fingerprint density at radius 2 is 1.85 bits per heavy atom. The molecule has 0 saturated heterocycles. The highest BCUT2D eigenvalue weighted by Gasteiger charge is 2.31. The van der Waals surface area contributed by atoms with Gasteiger partial charge in [0.05, 0.1) is 12.8 Å². The van der Waals surface area contributed by atoms with Crippen LogP contribution < -0.4 is 4.74 Å². The molecule has 1 atom stereocenters. The minimum atomic E-state index is -1.02. The fourth-order valence-corrected chi connectivity index (χ4v) is 2.42. The number of hydrogen-bond acceptors (Lipinski definition) is 3. The lowest BCUT2D eigenvalue weighted by atomic mass is 9.83. The molecule has 0 saturated carbocycles. The maximum absolute atomic E-state index is 11.2. The summed E-state index contributed by atoms with van der Waals surface area (Å²) >= 11 is 0. The van der Waals surface area contributed by atoms with Gasteiger partial charge in [-0.2, -0.15) is 0 Å². The van der Waals surface area contributed by atoms with Crippen LogP contribution >= 0.6 is 0 Å². The molecule has 0 bridgehead atoms. The van der Waals surface area contributed by atoms with Crippen molar-refractivity contribution in [3.63, 3.8) is 0 Å². The highest BCUT2D eigenvalue weighted by Crippen LogP contribution is 2.34. The van der Waals surface area contributed by atoms with Crippen LogP contribution in [0.3, 0.4) is 0 Å². The van der Waals surface area contributed by atoms with Crippen LogP contribution in [0.25, 0.3) is 0 Å². The summed E-state index contributed by atoms with van der Waals surface area (Å²) in [4.78, 5) is 4.19. The van der Waals surface area contributed by atoms with E-state index in [1.165, 1.54) is 0 Å². The number of rotatable bonds is 6. The number of pyridine rings is 1. The summed E-state index contributed by atoms with van der Waals surface area (Å²) in [7, 11) is 0. The van der Waals surface area contributed by atoms with Crippen LogP contribution in [-0.4, -0.2) is 16.7 Å². The fraction of sp³-hybridized carbons (Fsp3) is 0.353. The number of aliphatic hydroxyl groups is 1. The van der Waals surface area contributed by atoms with Crippen molar-refractivity contribution in [3.05, 3.63) is 59.9 Å². The minimum absolute atomic E-state index is 0.586. The zero-order chi connectivity index (χ0) is 14.4. The van der Waals surface area contributed by atoms with Crippen molar-refractivity contribution in [2.75, 3.05) is 6.61 Å². The smallest absolute Gasteiger partial charge is 0.137 e. The van der Waals surface area contributed by atoms with Gasteiger partial charge in [-0.15, -0.1) is 0 Å². The predicted molar refractivity (Wildman–Crippen MR) is 79.8 cm³/mol. The van der Waals surface area contributed by atoms with Crippen molar-refractivity contribution >= 4 is 0 Å². The van der Waals surface area contributed by atoms with Crippen molar-refractivity contribution in [3.8, 4) is 5.75 Å². The second-order valence-electron chi connectivity index (χ2n) is 4.82. The Bertz CT molecular complexity index is 542. The van der Waals surface area contributed by atoms with Crippen LogP contribution in [0, 0.1) is 0 Å². The molecule has 3 heteroatoms. The SMILES string of the molecule is CCCC(O)(c1ccccc1)c1cncc(OCC)c1. The average Bonchev–Trinajstić information content (AvgIpc) is 2.49. The van der Waals surface area contributed by atoms with E-state index >= 15 is 0 Å². The molecular weight excluding hydrogens is 250 g/mol. The summed E-state index contributed by atoms with van der Waals surface area (Å²) < 4.78 is 5.48. The predicted octanol–water partition coefficient (Wildman–Crippen LogP) is 3.52. The van der Waals surface area contributed by atoms with Gasteiger partial charge in [0.2, 0.25) is 0 Å². The first kappa shape index (κ1) is 14.5. The lowest BCUT2D eigenvalue weighted by Gasteiger charge is -2.29. The van der Waals surface area contributed by atoms with Crippen molar-refractivity contribution in [2.24, 2.45) is 0 Å². The Hall–Kier alpha value is -1.87. The first-order chi connectivity index (χ1) is 9.70. The molecule has 1 aromatic heterocycles. The highest BCUT2D eigenvalue weighted by molar-refractivity contribution is 5.37. The zero-order valence-electron chi connectivity index (χ0n) is 12.0. The third-order valence-corrected chi connectivity index (χ3v) is 3.36. The molecule has 0 radical (unpaired) electrons. The third kappa shape index (κ3) is 2.99. The highest BCUT2D eigenvalue weighted by atomic mass is 16.5. The lowest BCUT2D eigenvalue weighted by Crippen LogP contribution is -2.27. The van der Waals surface area contributed by atoms with Crippen LogP contribution in [0.5, 0.6) is 5.75 Å². The largest absolute Gasteiger partial charge is 0.492 e. The molecule has 2 aromatic rings. The van der Waals surface area contributed by atoms with E-state index in [2.05, 4.69) is 11.9 Å². The maximum atomic E-state index is 11.2. The summed E-state index contributed by atoms with van der Waals surface area (Å²) in [6.07, 6.45) is 4.91. The van der Waals surface area contributed by atoms with E-state index < -0.39 is 5.60 Å². The molecule has 3 nitrogen and oxygen atoms in total. The first-order valence-electron chi connectivity index (χ1n) is 7.07. The molecule has 0 aliphatic rings. The van der Waals surface area contributed by atoms with Gasteiger partial charge in [0.1, 0.15) is 11.4 Å². The number of benzene rings is 1. The summed E-state index contributed by atoms with van der Waals surface area (Å²) in [6, 6.07) is 11.6. The molecule has 1 heterocycles. The number of aromatic nitrogens is 1. The minimum Gasteiger partial charge on any atom is -0.492 e. The Morgan fingerprint density at radius 3 is 2.50 bits per heavy atom. The van der Waals surface area contributed by atoms with Crippen molar-refractivity contribution < 1.29 is 9.84 Å². The second-order valence-corrected chi connectivity index (χ2v) is 4.82. The summed E-state index contributed by atoms with van der Waals surface area (Å²) in [5.41, 5.74) is 0.643. The maximum Gasteiger partial charge on any atom is 0.137 e. The Balaban J connectivity index is 2.45. The van der Waals surface area contributed by atoms with E-state index in [1.807, 2.05) is 43.3 Å². The van der Waals surface area contributed by atoms with Gasteiger partial charge in [0.25, 0.3) is 0 Å². The van der Waals surface area contributed by atoms with Gasteiger partial charge >= 0.3 is 0 Å². The fourth-order valence-electron chi connectivity index (χ4n) is 2.42. The van der Waals surface area contributed by atoms with Crippen LogP contribution in [0.1, 0.15) is 37.8 Å². The molecule has 1 N–H and O–H groups in total. The van der Waals surface area contributed by atoms with E-state index in [0.717, 1.165) is 17.5 Å². The summed E-state index contributed by atoms with van der Waals surface area (Å²) in [5, 5.41) is 11.2. The molecular formula is C17H21NO2. The normalized spacial score (nSPS) is 13.8. The summed E-state index contributed by atoms with van der Waals surface area (Å²) in [5.74, 6) is 0.690. The van der Waals surface area contributed by atoms with E-state index in [4.69, 9.17) is 4.74 Å². The molecule has 106 valence electrons. The van der Waals surface area contributed by atoms with Crippen LogP contribution in [-0.2, 0) is 5.60 Å². The molecule has 1 aromatic carbocycles. The van der Waals surface area contributed by atoms with Crippen LogP contribution in [0.4, 0.5) is 0 Å². The van der Waals surface area contributed by atoms with Gasteiger partial charge in [-0.1, -0.05) is 43.7 Å². The van der Waals surface area contributed by atoms with Crippen molar-refractivity contribution in [2.45, 2.75) is 32.3 Å². The first-order valence-corrected chi connectivity index (χ1v) is 7.07. The van der Waals surface area contributed by atoms with E-state index in [-0.39, 0.29) is 0 Å². The molecule has 0 amide bonds.